The average molecular weight is 498 g/mol. The number of ketones is 1. The van der Waals surface area contributed by atoms with Gasteiger partial charge >= 0.3 is 11.9 Å². The summed E-state index contributed by atoms with van der Waals surface area (Å²) >= 11 is 0. The van der Waals surface area contributed by atoms with Crippen LogP contribution >= 0.6 is 0 Å². The van der Waals surface area contributed by atoms with Gasteiger partial charge in [0, 0.05) is 22.9 Å². The fourth-order valence-corrected chi connectivity index (χ4v) is 5.73. The summed E-state index contributed by atoms with van der Waals surface area (Å²) in [5, 5.41) is 13.5. The summed E-state index contributed by atoms with van der Waals surface area (Å²) in [6, 6.07) is 4.78. The van der Waals surface area contributed by atoms with E-state index in [1.54, 1.807) is 19.1 Å². The van der Waals surface area contributed by atoms with E-state index in [1.807, 2.05) is 6.92 Å². The monoisotopic (exact) mass is 497 g/mol. The van der Waals surface area contributed by atoms with Gasteiger partial charge in [0.15, 0.2) is 17.3 Å². The molecule has 8 heteroatoms. The summed E-state index contributed by atoms with van der Waals surface area (Å²) in [4.78, 5) is 40.1. The maximum atomic E-state index is 13.8. The molecular weight excluding hydrogens is 462 g/mol. The number of Topliss-reactive ketones (excluding diaryl/α,β-unsaturated/α-hetero) is 1. The number of carbonyl (C=O) groups excluding carboxylic acids is 3. The molecule has 2 aliphatic carbocycles. The molecule has 1 aromatic rings. The van der Waals surface area contributed by atoms with Crippen molar-refractivity contribution in [3.63, 3.8) is 0 Å². The van der Waals surface area contributed by atoms with E-state index in [0.29, 0.717) is 34.5 Å². The van der Waals surface area contributed by atoms with E-state index in [0.717, 1.165) is 38.5 Å². The predicted molar refractivity (Wildman–Crippen MR) is 132 cm³/mol. The van der Waals surface area contributed by atoms with Gasteiger partial charge in [-0.05, 0) is 62.6 Å². The Kier molecular flexibility index (Phi) is 7.71. The van der Waals surface area contributed by atoms with Crippen LogP contribution in [0.25, 0.3) is 0 Å². The number of benzene rings is 1. The Bertz CT molecular complexity index is 1110. The molecule has 0 unspecified atom stereocenters. The van der Waals surface area contributed by atoms with Crippen molar-refractivity contribution in [3.05, 3.63) is 46.3 Å². The molecule has 8 nitrogen and oxygen atoms in total. The average Bonchev–Trinajstić information content (AvgIpc) is 3.11. The largest absolute Gasteiger partial charge is 0.504 e. The smallest absolute Gasteiger partial charge is 0.337 e. The van der Waals surface area contributed by atoms with Gasteiger partial charge in [0.25, 0.3) is 0 Å². The van der Waals surface area contributed by atoms with Gasteiger partial charge < -0.3 is 24.6 Å². The van der Waals surface area contributed by atoms with Gasteiger partial charge in [0.2, 0.25) is 0 Å². The van der Waals surface area contributed by atoms with Crippen LogP contribution in [0.15, 0.2) is 40.7 Å². The number of dihydropyridines is 1. The quantitative estimate of drug-likeness (QED) is 0.352. The van der Waals surface area contributed by atoms with E-state index in [-0.39, 0.29) is 29.3 Å². The number of hydrogen-bond donors (Lipinski definition) is 2. The Morgan fingerprint density at radius 1 is 1.08 bits per heavy atom. The molecule has 3 aliphatic rings. The third-order valence-corrected chi connectivity index (χ3v) is 7.58. The lowest BCUT2D eigenvalue weighted by Crippen LogP contribution is -2.43. The van der Waals surface area contributed by atoms with E-state index < -0.39 is 23.8 Å². The number of carbonyl (C=O) groups is 3. The number of phenols is 1. The zero-order valence-corrected chi connectivity index (χ0v) is 21.4. The van der Waals surface area contributed by atoms with Gasteiger partial charge in [-0.25, -0.2) is 4.79 Å². The summed E-state index contributed by atoms with van der Waals surface area (Å²) < 4.78 is 16.3. The zero-order valence-electron chi connectivity index (χ0n) is 21.4. The van der Waals surface area contributed by atoms with Crippen LogP contribution in [0, 0.1) is 11.8 Å². The number of aromatic hydroxyl groups is 1. The summed E-state index contributed by atoms with van der Waals surface area (Å²) in [5.41, 5.74) is 2.58. The summed E-state index contributed by atoms with van der Waals surface area (Å²) in [7, 11) is 2.71. The van der Waals surface area contributed by atoms with E-state index in [2.05, 4.69) is 5.32 Å². The van der Waals surface area contributed by atoms with Gasteiger partial charge in [-0.2, -0.15) is 0 Å². The number of rotatable bonds is 5. The van der Waals surface area contributed by atoms with Crippen LogP contribution in [0.3, 0.4) is 0 Å². The second kappa shape index (κ2) is 10.8. The molecule has 1 fully saturated rings. The third-order valence-electron chi connectivity index (χ3n) is 7.58. The Hall–Kier alpha value is -3.29. The van der Waals surface area contributed by atoms with Crippen LogP contribution in [0.5, 0.6) is 11.5 Å². The number of esters is 2. The molecule has 1 heterocycles. The van der Waals surface area contributed by atoms with Crippen molar-refractivity contribution in [3.8, 4) is 11.5 Å². The van der Waals surface area contributed by atoms with Crippen LogP contribution in [0.2, 0.25) is 0 Å². The van der Waals surface area contributed by atoms with Crippen molar-refractivity contribution in [2.75, 3.05) is 14.2 Å². The van der Waals surface area contributed by atoms with Gasteiger partial charge in [-0.1, -0.05) is 25.8 Å². The second-order valence-electron chi connectivity index (χ2n) is 9.99. The minimum atomic E-state index is -0.963. The Balaban J connectivity index is 1.80. The molecule has 4 rings (SSSR count). The lowest BCUT2D eigenvalue weighted by atomic mass is 9.69. The van der Waals surface area contributed by atoms with E-state index in [4.69, 9.17) is 14.2 Å². The fourth-order valence-electron chi connectivity index (χ4n) is 5.73. The molecule has 0 bridgehead atoms. The number of hydrogen-bond acceptors (Lipinski definition) is 8. The summed E-state index contributed by atoms with van der Waals surface area (Å²) in [5.74, 6) is -3.26. The first-order valence-corrected chi connectivity index (χ1v) is 12.7. The first kappa shape index (κ1) is 25.8. The van der Waals surface area contributed by atoms with Crippen molar-refractivity contribution in [1.82, 2.24) is 5.32 Å². The molecular formula is C28H35NO7. The molecule has 36 heavy (non-hydrogen) atoms. The molecule has 0 spiro atoms. The number of ether oxygens (including phenoxy) is 3. The lowest BCUT2D eigenvalue weighted by molar-refractivity contribution is -0.151. The molecule has 1 aliphatic heterocycles. The summed E-state index contributed by atoms with van der Waals surface area (Å²) in [6.07, 6.45) is 6.20. The van der Waals surface area contributed by atoms with Gasteiger partial charge in [0.05, 0.1) is 19.8 Å². The van der Waals surface area contributed by atoms with Gasteiger partial charge in [-0.15, -0.1) is 0 Å². The van der Waals surface area contributed by atoms with Crippen molar-refractivity contribution in [2.24, 2.45) is 11.8 Å². The van der Waals surface area contributed by atoms with Crippen molar-refractivity contribution < 1.29 is 33.7 Å². The first-order valence-electron chi connectivity index (χ1n) is 12.7. The highest BCUT2D eigenvalue weighted by molar-refractivity contribution is 6.12. The SMILES string of the molecule is COC(=O)[C@@H]1C(=O)C2=C(C[C@H]1C)NC(C)=C(C(=O)OC1CCCCCC1)[C@H]2c1ccc(O)c(OC)c1. The maximum absolute atomic E-state index is 13.8. The van der Waals surface area contributed by atoms with Gasteiger partial charge in [-0.3, -0.25) is 9.59 Å². The lowest BCUT2D eigenvalue weighted by Gasteiger charge is -2.38. The van der Waals surface area contributed by atoms with Crippen molar-refractivity contribution in [1.29, 1.82) is 0 Å². The molecule has 0 aromatic heterocycles. The normalized spacial score (nSPS) is 25.0. The van der Waals surface area contributed by atoms with E-state index in [1.165, 1.54) is 20.3 Å². The standard InChI is InChI=1S/C28H35NO7/c1-15-13-19-25(26(31)22(15)27(32)35-4)24(17-11-12-20(30)21(14-17)34-3)23(16(2)29-19)28(33)36-18-9-7-5-6-8-10-18/h11-12,14-15,18,22,24,29-30H,5-10,13H2,1-4H3/t15-,22+,24-/m1/s1. The summed E-state index contributed by atoms with van der Waals surface area (Å²) in [6.45, 7) is 3.65. The highest BCUT2D eigenvalue weighted by atomic mass is 16.5. The maximum Gasteiger partial charge on any atom is 0.337 e. The highest BCUT2D eigenvalue weighted by Crippen LogP contribution is 2.47. The third kappa shape index (κ3) is 4.86. The van der Waals surface area contributed by atoms with E-state index >= 15 is 0 Å². The minimum Gasteiger partial charge on any atom is -0.504 e. The Morgan fingerprint density at radius 2 is 1.78 bits per heavy atom. The fraction of sp³-hybridized carbons (Fsp3) is 0.536. The molecule has 3 atom stereocenters. The number of nitrogens with one attached hydrogen (secondary N) is 1. The minimum absolute atomic E-state index is 0.0521. The van der Waals surface area contributed by atoms with Crippen LogP contribution in [0.4, 0.5) is 0 Å². The Morgan fingerprint density at radius 3 is 2.42 bits per heavy atom. The topological polar surface area (TPSA) is 111 Å². The number of allylic oxidation sites excluding steroid dienone is 3. The molecule has 1 aromatic carbocycles. The predicted octanol–water partition coefficient (Wildman–Crippen LogP) is 4.28. The van der Waals surface area contributed by atoms with Crippen LogP contribution < -0.4 is 10.1 Å². The van der Waals surface area contributed by atoms with Crippen molar-refractivity contribution in [2.45, 2.75) is 70.8 Å². The number of phenolic OH excluding ortho intramolecular Hbond substituents is 1. The molecule has 2 N–H and O–H groups in total. The molecule has 0 radical (unpaired) electrons. The highest BCUT2D eigenvalue weighted by Gasteiger charge is 2.47. The second-order valence-corrected chi connectivity index (χ2v) is 9.99. The molecule has 194 valence electrons. The zero-order chi connectivity index (χ0) is 26.0. The van der Waals surface area contributed by atoms with Crippen molar-refractivity contribution >= 4 is 17.7 Å². The molecule has 0 amide bonds. The van der Waals surface area contributed by atoms with Gasteiger partial charge in [0.1, 0.15) is 12.0 Å². The molecule has 1 saturated carbocycles. The van der Waals surface area contributed by atoms with E-state index in [9.17, 15) is 19.5 Å². The van der Waals surface area contributed by atoms with Crippen LogP contribution in [0.1, 0.15) is 70.3 Å². The molecule has 0 saturated heterocycles. The Labute approximate surface area is 211 Å². The van der Waals surface area contributed by atoms with Crippen LogP contribution in [-0.4, -0.2) is 43.2 Å². The van der Waals surface area contributed by atoms with Crippen LogP contribution in [-0.2, 0) is 23.9 Å². The first-order chi connectivity index (χ1) is 17.3. The number of methoxy groups -OCH3 is 2.